The van der Waals surface area contributed by atoms with E-state index >= 15 is 0 Å². The first-order valence-electron chi connectivity index (χ1n) is 22.9. The van der Waals surface area contributed by atoms with E-state index in [-0.39, 0.29) is 18.2 Å². The zero-order chi connectivity index (χ0) is 46.0. The highest BCUT2D eigenvalue weighted by atomic mass is 28.3. The number of amides is 2. The third-order valence-corrected chi connectivity index (χ3v) is 15.1. The first kappa shape index (κ1) is 48.2. The lowest BCUT2D eigenvalue weighted by Gasteiger charge is -2.36. The Bertz CT molecular complexity index is 2240. The lowest BCUT2D eigenvalue weighted by Crippen LogP contribution is -2.46. The molecule has 63 heavy (non-hydrogen) atoms. The van der Waals surface area contributed by atoms with E-state index in [1.165, 1.54) is 0 Å². The highest BCUT2D eigenvalue weighted by Gasteiger charge is 2.46. The second-order valence-corrected chi connectivity index (χ2v) is 33.3. The molecule has 2 aliphatic heterocycles. The molecule has 0 unspecified atom stereocenters. The SMILES string of the molecule is CC(C)(C)OC(=O)N1CCC[C@H]1c1ncc(-c2ccc(/C=C/c3ccc4nc([C@@]5(C)CCCN5C(=O)OC(C)(C)C)n(COCC[Si](C)(C)C)c4c3)cc2)n1COCC[Si](C)(C)C. The summed E-state index contributed by atoms with van der Waals surface area (Å²) >= 11 is 0. The molecule has 2 atom stereocenters. The minimum Gasteiger partial charge on any atom is -0.444 e. The van der Waals surface area contributed by atoms with Gasteiger partial charge in [0.1, 0.15) is 41.9 Å². The summed E-state index contributed by atoms with van der Waals surface area (Å²) in [6.45, 7) is 31.0. The summed E-state index contributed by atoms with van der Waals surface area (Å²) in [6.07, 6.45) is 8.90. The van der Waals surface area contributed by atoms with Crippen molar-refractivity contribution in [3.05, 3.63) is 71.4 Å². The lowest BCUT2D eigenvalue weighted by atomic mass is 9.98. The molecule has 0 aliphatic carbocycles. The van der Waals surface area contributed by atoms with Gasteiger partial charge in [0.05, 0.1) is 29.0 Å². The van der Waals surface area contributed by atoms with Gasteiger partial charge < -0.3 is 28.1 Å². The fourth-order valence-corrected chi connectivity index (χ4v) is 9.73. The molecule has 4 aromatic rings. The van der Waals surface area contributed by atoms with Crippen LogP contribution in [0.3, 0.4) is 0 Å². The van der Waals surface area contributed by atoms with Gasteiger partial charge in [-0.05, 0) is 115 Å². The van der Waals surface area contributed by atoms with E-state index < -0.39 is 32.9 Å². The maximum Gasteiger partial charge on any atom is 0.411 e. The highest BCUT2D eigenvalue weighted by Crippen LogP contribution is 2.41. The average Bonchev–Trinajstić information content (AvgIpc) is 3.97. The van der Waals surface area contributed by atoms with Gasteiger partial charge in [-0.25, -0.2) is 19.6 Å². The molecule has 0 radical (unpaired) electrons. The molecule has 2 fully saturated rings. The van der Waals surface area contributed by atoms with Crippen LogP contribution in [-0.2, 0) is 37.9 Å². The number of imidazole rings is 2. The molecule has 4 heterocycles. The molecule has 0 spiro atoms. The number of hydrogen-bond acceptors (Lipinski definition) is 8. The molecule has 0 bridgehead atoms. The van der Waals surface area contributed by atoms with Crippen molar-refractivity contribution in [3.8, 4) is 11.3 Å². The quantitative estimate of drug-likeness (QED) is 0.0658. The number of fused-ring (bicyclic) bond motifs is 1. The van der Waals surface area contributed by atoms with Crippen LogP contribution in [-0.4, -0.2) is 94.7 Å². The second kappa shape index (κ2) is 19.1. The van der Waals surface area contributed by atoms with Gasteiger partial charge in [0.25, 0.3) is 0 Å². The van der Waals surface area contributed by atoms with Crippen LogP contribution < -0.4 is 0 Å². The Kier molecular flexibility index (Phi) is 14.6. The topological polar surface area (TPSA) is 113 Å². The summed E-state index contributed by atoms with van der Waals surface area (Å²) in [5.41, 5.74) is 4.07. The number of ether oxygens (including phenoxy) is 4. The van der Waals surface area contributed by atoms with Gasteiger partial charge in [-0.3, -0.25) is 9.80 Å². The molecule has 14 heteroatoms. The largest absolute Gasteiger partial charge is 0.444 e. The molecule has 6 rings (SSSR count). The molecule has 12 nitrogen and oxygen atoms in total. The Balaban J connectivity index is 1.27. The van der Waals surface area contributed by atoms with Crippen molar-refractivity contribution in [2.75, 3.05) is 26.3 Å². The van der Waals surface area contributed by atoms with Gasteiger partial charge >= 0.3 is 12.2 Å². The summed E-state index contributed by atoms with van der Waals surface area (Å²) in [7, 11) is -2.58. The van der Waals surface area contributed by atoms with E-state index in [0.717, 1.165) is 82.8 Å². The summed E-state index contributed by atoms with van der Waals surface area (Å²) in [5, 5.41) is 0. The maximum absolute atomic E-state index is 13.6. The van der Waals surface area contributed by atoms with Gasteiger partial charge in [-0.2, -0.15) is 0 Å². The molecule has 2 aromatic carbocycles. The molecule has 2 aliphatic rings. The molecule has 2 saturated heterocycles. The number of carbonyl (C=O) groups excluding carboxylic acids is 2. The van der Waals surface area contributed by atoms with Crippen LogP contribution in [0.4, 0.5) is 9.59 Å². The average molecular weight is 899 g/mol. The lowest BCUT2D eigenvalue weighted by molar-refractivity contribution is 0.00606. The van der Waals surface area contributed by atoms with Crippen molar-refractivity contribution in [3.63, 3.8) is 0 Å². The van der Waals surface area contributed by atoms with Crippen LogP contribution in [0, 0.1) is 0 Å². The number of carbonyl (C=O) groups is 2. The van der Waals surface area contributed by atoms with Crippen LogP contribution in [0.2, 0.25) is 51.4 Å². The Labute approximate surface area is 378 Å². The van der Waals surface area contributed by atoms with Crippen molar-refractivity contribution < 1.29 is 28.5 Å². The van der Waals surface area contributed by atoms with Crippen LogP contribution in [0.25, 0.3) is 34.4 Å². The minimum absolute atomic E-state index is 0.192. The summed E-state index contributed by atoms with van der Waals surface area (Å²) < 4.78 is 28.7. The first-order chi connectivity index (χ1) is 29.4. The van der Waals surface area contributed by atoms with E-state index in [2.05, 4.69) is 110 Å². The van der Waals surface area contributed by atoms with Crippen molar-refractivity contribution in [2.45, 2.75) is 162 Å². The minimum atomic E-state index is -1.30. The van der Waals surface area contributed by atoms with Gasteiger partial charge in [0.15, 0.2) is 0 Å². The third kappa shape index (κ3) is 12.5. The first-order valence-corrected chi connectivity index (χ1v) is 30.3. The Morgan fingerprint density at radius 1 is 0.778 bits per heavy atom. The van der Waals surface area contributed by atoms with E-state index in [1.807, 2.05) is 57.5 Å². The smallest absolute Gasteiger partial charge is 0.411 e. The van der Waals surface area contributed by atoms with E-state index in [0.29, 0.717) is 39.8 Å². The molecular weight excluding hydrogens is 825 g/mol. The Morgan fingerprint density at radius 2 is 1.37 bits per heavy atom. The van der Waals surface area contributed by atoms with Crippen molar-refractivity contribution in [1.29, 1.82) is 0 Å². The second-order valence-electron chi connectivity index (χ2n) is 22.0. The predicted octanol–water partition coefficient (Wildman–Crippen LogP) is 12.0. The molecule has 0 saturated carbocycles. The molecule has 2 amide bonds. The van der Waals surface area contributed by atoms with E-state index in [1.54, 1.807) is 0 Å². The van der Waals surface area contributed by atoms with E-state index in [4.69, 9.17) is 28.9 Å². The number of aromatic nitrogens is 4. The fourth-order valence-electron chi connectivity index (χ4n) is 8.21. The number of rotatable bonds is 15. The maximum atomic E-state index is 13.6. The molecule has 344 valence electrons. The van der Waals surface area contributed by atoms with Gasteiger partial charge in [0.2, 0.25) is 0 Å². The summed E-state index contributed by atoms with van der Waals surface area (Å²) in [5.74, 6) is 1.64. The third-order valence-electron chi connectivity index (χ3n) is 11.7. The van der Waals surface area contributed by atoms with Gasteiger partial charge in [-0.1, -0.05) is 81.8 Å². The van der Waals surface area contributed by atoms with Crippen LogP contribution >= 0.6 is 0 Å². The monoisotopic (exact) mass is 899 g/mol. The fraction of sp³-hybridized carbons (Fsp3) is 0.592. The van der Waals surface area contributed by atoms with Crippen LogP contribution in [0.5, 0.6) is 0 Å². The van der Waals surface area contributed by atoms with Crippen LogP contribution in [0.1, 0.15) is 103 Å². The predicted molar refractivity (Wildman–Crippen MR) is 259 cm³/mol. The number of benzene rings is 2. The van der Waals surface area contributed by atoms with Crippen molar-refractivity contribution in [1.82, 2.24) is 28.9 Å². The highest BCUT2D eigenvalue weighted by molar-refractivity contribution is 6.76. The van der Waals surface area contributed by atoms with Crippen LogP contribution in [0.15, 0.2) is 48.7 Å². The molecule has 0 N–H and O–H groups in total. The number of hydrogen-bond donors (Lipinski definition) is 0. The standard InChI is InChI=1S/C49H74N6O6Si2/c1-47(2,3)60-45(56)52-26-14-16-40(52)43-50-33-42(53(43)34-58-28-30-62(8,9)10)38-22-19-36(20-23-38)17-18-37-21-24-39-41(32-37)54(35-59-29-31-63(11,12)13)44(51-39)49(7)25-15-27-55(49)46(57)61-48(4,5)6/h17-24,32-33,40H,14-16,25-31,34-35H2,1-13H3/b18-17+/t40-,49+/m0/s1. The van der Waals surface area contributed by atoms with Gasteiger partial charge in [-0.15, -0.1) is 0 Å². The van der Waals surface area contributed by atoms with Crippen molar-refractivity contribution in [2.24, 2.45) is 0 Å². The van der Waals surface area contributed by atoms with Gasteiger partial charge in [0, 0.05) is 42.5 Å². The Hall–Kier alpha value is -4.25. The van der Waals surface area contributed by atoms with E-state index in [9.17, 15) is 9.59 Å². The number of likely N-dealkylation sites (tertiary alicyclic amines) is 2. The normalized spacial score (nSPS) is 18.9. The summed E-state index contributed by atoms with van der Waals surface area (Å²) in [4.78, 5) is 40.7. The zero-order valence-electron chi connectivity index (χ0n) is 40.5. The molecular formula is C49H74N6O6Si2. The number of nitrogens with zero attached hydrogens (tertiary/aromatic N) is 6. The zero-order valence-corrected chi connectivity index (χ0v) is 42.5. The summed E-state index contributed by atoms with van der Waals surface area (Å²) in [6, 6.07) is 16.8. The Morgan fingerprint density at radius 3 is 1.98 bits per heavy atom. The molecule has 2 aromatic heterocycles. The van der Waals surface area contributed by atoms with Crippen molar-refractivity contribution >= 4 is 51.5 Å².